The fourth-order valence-electron chi connectivity index (χ4n) is 5.35. The number of esters is 1. The number of hydrogen-bond donors (Lipinski definition) is 3. The van der Waals surface area contributed by atoms with Crippen LogP contribution in [0, 0.1) is 6.92 Å². The van der Waals surface area contributed by atoms with Crippen molar-refractivity contribution >= 4 is 51.0 Å². The molecule has 12 heteroatoms. The van der Waals surface area contributed by atoms with Gasteiger partial charge in [-0.3, -0.25) is 4.79 Å². The average Bonchev–Trinajstić information content (AvgIpc) is 3.30. The van der Waals surface area contributed by atoms with Crippen LogP contribution in [0.5, 0.6) is 11.5 Å². The number of benzene rings is 3. The van der Waals surface area contributed by atoms with E-state index in [1.54, 1.807) is 38.3 Å². The van der Waals surface area contributed by atoms with Gasteiger partial charge < -0.3 is 29.4 Å². The number of halogens is 1. The molecule has 3 N–H and O–H groups in total. The summed E-state index contributed by atoms with van der Waals surface area (Å²) in [6, 6.07) is 20.0. The largest absolute Gasteiger partial charge is 0.493 e. The van der Waals surface area contributed by atoms with Gasteiger partial charge in [-0.15, -0.1) is 0 Å². The van der Waals surface area contributed by atoms with Gasteiger partial charge in [0.05, 0.1) is 31.5 Å². The zero-order valence-electron chi connectivity index (χ0n) is 25.8. The van der Waals surface area contributed by atoms with E-state index in [-0.39, 0.29) is 18.8 Å². The molecule has 4 aromatic rings. The smallest absolute Gasteiger partial charge is 0.338 e. The molecule has 0 saturated heterocycles. The van der Waals surface area contributed by atoms with Crippen molar-refractivity contribution < 1.29 is 28.6 Å². The Bertz CT molecular complexity index is 1850. The number of hydrazone groups is 1. The minimum absolute atomic E-state index is 0.189. The SMILES string of the molecule is CCOC(=O)C1=C(C)NC(=O)N[C@H]1c1ccc(OCC(=O)N/N=C\c2c(C)n(Cc3ccc(Br)cc3)c3ccccc23)c(OC)c1. The van der Waals surface area contributed by atoms with Gasteiger partial charge >= 0.3 is 12.0 Å². The molecule has 46 heavy (non-hydrogen) atoms. The normalized spacial score (nSPS) is 14.6. The molecular formula is C34H34BrN5O6. The van der Waals surface area contributed by atoms with Crippen molar-refractivity contribution in [1.82, 2.24) is 20.6 Å². The fraction of sp³-hybridized carbons (Fsp3) is 0.235. The van der Waals surface area contributed by atoms with E-state index in [0.717, 1.165) is 32.2 Å². The number of methoxy groups -OCH3 is 1. The lowest BCUT2D eigenvalue weighted by atomic mass is 9.95. The highest BCUT2D eigenvalue weighted by molar-refractivity contribution is 9.10. The van der Waals surface area contributed by atoms with Crippen LogP contribution in [-0.4, -0.2) is 49.0 Å². The third kappa shape index (κ3) is 7.07. The van der Waals surface area contributed by atoms with E-state index >= 15 is 0 Å². The zero-order valence-corrected chi connectivity index (χ0v) is 27.4. The lowest BCUT2D eigenvalue weighted by molar-refractivity contribution is -0.139. The van der Waals surface area contributed by atoms with Crippen molar-refractivity contribution in [3.63, 3.8) is 0 Å². The predicted molar refractivity (Wildman–Crippen MR) is 178 cm³/mol. The summed E-state index contributed by atoms with van der Waals surface area (Å²) in [4.78, 5) is 37.5. The summed E-state index contributed by atoms with van der Waals surface area (Å²) in [5, 5.41) is 10.6. The molecular weight excluding hydrogens is 654 g/mol. The van der Waals surface area contributed by atoms with Gasteiger partial charge in [-0.1, -0.05) is 52.3 Å². The van der Waals surface area contributed by atoms with E-state index in [9.17, 15) is 14.4 Å². The fourth-order valence-corrected chi connectivity index (χ4v) is 5.61. The van der Waals surface area contributed by atoms with Crippen molar-refractivity contribution in [2.24, 2.45) is 5.10 Å². The number of fused-ring (bicyclic) bond motifs is 1. The van der Waals surface area contributed by atoms with Gasteiger partial charge in [-0.05, 0) is 62.2 Å². The summed E-state index contributed by atoms with van der Waals surface area (Å²) in [7, 11) is 1.46. The minimum Gasteiger partial charge on any atom is -0.493 e. The van der Waals surface area contributed by atoms with Crippen LogP contribution in [0.1, 0.15) is 42.3 Å². The molecule has 0 fully saturated rings. The maximum atomic E-state index is 12.7. The Morgan fingerprint density at radius 2 is 1.83 bits per heavy atom. The maximum absolute atomic E-state index is 12.7. The molecule has 0 unspecified atom stereocenters. The third-order valence-electron chi connectivity index (χ3n) is 7.56. The van der Waals surface area contributed by atoms with Gasteiger partial charge in [-0.2, -0.15) is 5.10 Å². The second kappa shape index (κ2) is 14.3. The second-order valence-corrected chi connectivity index (χ2v) is 11.4. The molecule has 238 valence electrons. The Kier molecular flexibility index (Phi) is 10.1. The minimum atomic E-state index is -0.766. The summed E-state index contributed by atoms with van der Waals surface area (Å²) in [5.74, 6) is -0.390. The number of rotatable bonds is 11. The van der Waals surface area contributed by atoms with Crippen LogP contribution in [0.2, 0.25) is 0 Å². The summed E-state index contributed by atoms with van der Waals surface area (Å²) >= 11 is 3.49. The van der Waals surface area contributed by atoms with Crippen LogP contribution in [0.3, 0.4) is 0 Å². The highest BCUT2D eigenvalue weighted by atomic mass is 79.9. The van der Waals surface area contributed by atoms with Crippen LogP contribution in [0.15, 0.2) is 87.6 Å². The summed E-state index contributed by atoms with van der Waals surface area (Å²) < 4.78 is 19.7. The van der Waals surface area contributed by atoms with Crippen molar-refractivity contribution in [3.8, 4) is 11.5 Å². The van der Waals surface area contributed by atoms with Gasteiger partial charge in [0.2, 0.25) is 0 Å². The lowest BCUT2D eigenvalue weighted by Crippen LogP contribution is -2.45. The maximum Gasteiger partial charge on any atom is 0.338 e. The van der Waals surface area contributed by atoms with Gasteiger partial charge in [0, 0.05) is 38.9 Å². The Labute approximate surface area is 274 Å². The summed E-state index contributed by atoms with van der Waals surface area (Å²) in [6.07, 6.45) is 1.65. The first-order chi connectivity index (χ1) is 22.2. The quantitative estimate of drug-likeness (QED) is 0.109. The van der Waals surface area contributed by atoms with Gasteiger partial charge in [0.1, 0.15) is 0 Å². The molecule has 1 aliphatic rings. The number of allylic oxidation sites excluding steroid dienone is 1. The van der Waals surface area contributed by atoms with Crippen molar-refractivity contribution in [2.45, 2.75) is 33.4 Å². The number of hydrogen-bond acceptors (Lipinski definition) is 7. The Morgan fingerprint density at radius 3 is 2.57 bits per heavy atom. The van der Waals surface area contributed by atoms with E-state index in [2.05, 4.69) is 59.9 Å². The van der Waals surface area contributed by atoms with Crippen LogP contribution < -0.4 is 25.5 Å². The number of carbonyl (C=O) groups excluding carboxylic acids is 3. The predicted octanol–water partition coefficient (Wildman–Crippen LogP) is 5.49. The molecule has 3 amide bonds. The number of nitrogens with zero attached hydrogens (tertiary/aromatic N) is 2. The molecule has 1 aliphatic heterocycles. The molecule has 5 rings (SSSR count). The molecule has 0 bridgehead atoms. The first-order valence-electron chi connectivity index (χ1n) is 14.6. The van der Waals surface area contributed by atoms with E-state index in [0.29, 0.717) is 29.3 Å². The first-order valence-corrected chi connectivity index (χ1v) is 15.4. The molecule has 3 aromatic carbocycles. The number of aromatic nitrogens is 1. The number of para-hydroxylation sites is 1. The van der Waals surface area contributed by atoms with Crippen molar-refractivity contribution in [2.75, 3.05) is 20.3 Å². The Hall–Kier alpha value is -5.10. The van der Waals surface area contributed by atoms with Gasteiger partial charge in [0.25, 0.3) is 5.91 Å². The molecule has 0 spiro atoms. The molecule has 1 aromatic heterocycles. The van der Waals surface area contributed by atoms with Crippen molar-refractivity contribution in [3.05, 3.63) is 105 Å². The van der Waals surface area contributed by atoms with E-state index in [1.807, 2.05) is 37.3 Å². The summed E-state index contributed by atoms with van der Waals surface area (Å²) in [6.45, 7) is 5.93. The number of carbonyl (C=O) groups is 3. The highest BCUT2D eigenvalue weighted by Gasteiger charge is 2.32. The highest BCUT2D eigenvalue weighted by Crippen LogP contribution is 2.34. The zero-order chi connectivity index (χ0) is 32.8. The van der Waals surface area contributed by atoms with Crippen LogP contribution in [0.4, 0.5) is 4.79 Å². The number of nitrogens with one attached hydrogen (secondary N) is 3. The third-order valence-corrected chi connectivity index (χ3v) is 8.09. The average molecular weight is 689 g/mol. The van der Waals surface area contributed by atoms with E-state index in [1.165, 1.54) is 7.11 Å². The number of ether oxygens (including phenoxy) is 3. The summed E-state index contributed by atoms with van der Waals surface area (Å²) in [5.41, 5.74) is 7.94. The first kappa shape index (κ1) is 32.3. The number of amides is 3. The molecule has 1 atom stereocenters. The lowest BCUT2D eigenvalue weighted by Gasteiger charge is -2.28. The van der Waals surface area contributed by atoms with Crippen LogP contribution in [-0.2, 0) is 20.9 Å². The van der Waals surface area contributed by atoms with Crippen LogP contribution >= 0.6 is 15.9 Å². The molecule has 0 saturated carbocycles. The van der Waals surface area contributed by atoms with E-state index < -0.39 is 23.9 Å². The number of urea groups is 1. The molecule has 2 heterocycles. The topological polar surface area (TPSA) is 132 Å². The van der Waals surface area contributed by atoms with E-state index in [4.69, 9.17) is 14.2 Å². The standard InChI is InChI=1S/C34H34BrN5O6/c1-5-45-33(42)31-20(2)37-34(43)38-32(31)23-12-15-28(29(16-23)44-4)46-19-30(41)39-36-17-26-21(3)40(27-9-7-6-8-25(26)27)18-22-10-13-24(35)14-11-22/h6-17,32H,5,18-19H2,1-4H3,(H,39,41)(H2,37,38,43)/b36-17-/t32-/m0/s1. The second-order valence-electron chi connectivity index (χ2n) is 10.5. The monoisotopic (exact) mass is 687 g/mol. The molecule has 0 aliphatic carbocycles. The van der Waals surface area contributed by atoms with Crippen LogP contribution in [0.25, 0.3) is 10.9 Å². The van der Waals surface area contributed by atoms with Crippen molar-refractivity contribution in [1.29, 1.82) is 0 Å². The Balaban J connectivity index is 1.27. The van der Waals surface area contributed by atoms with Gasteiger partial charge in [-0.25, -0.2) is 15.0 Å². The Morgan fingerprint density at radius 1 is 1.07 bits per heavy atom. The molecule has 0 radical (unpaired) electrons. The molecule has 11 nitrogen and oxygen atoms in total. The van der Waals surface area contributed by atoms with Gasteiger partial charge in [0.15, 0.2) is 18.1 Å².